The Morgan fingerprint density at radius 2 is 1.81 bits per heavy atom. The lowest BCUT2D eigenvalue weighted by Gasteiger charge is -2.15. The van der Waals surface area contributed by atoms with Crippen LogP contribution in [0.25, 0.3) is 0 Å². The lowest BCUT2D eigenvalue weighted by Crippen LogP contribution is -2.12. The summed E-state index contributed by atoms with van der Waals surface area (Å²) >= 11 is 0. The van der Waals surface area contributed by atoms with Crippen LogP contribution in [0.5, 0.6) is 0 Å². The second-order valence-electron chi connectivity index (χ2n) is 6.54. The topological polar surface area (TPSA) is 65.1 Å². The summed E-state index contributed by atoms with van der Waals surface area (Å²) in [7, 11) is 1.78. The van der Waals surface area contributed by atoms with Crippen LogP contribution in [-0.2, 0) is 7.05 Å². The number of aromatic nitrogens is 1. The van der Waals surface area contributed by atoms with Crippen LogP contribution >= 0.6 is 0 Å². The van der Waals surface area contributed by atoms with E-state index in [0.29, 0.717) is 16.8 Å². The summed E-state index contributed by atoms with van der Waals surface area (Å²) in [6.07, 6.45) is 0. The van der Waals surface area contributed by atoms with E-state index in [2.05, 4.69) is 0 Å². The van der Waals surface area contributed by atoms with Crippen LogP contribution in [-0.4, -0.2) is 15.3 Å². The molecule has 0 amide bonds. The van der Waals surface area contributed by atoms with Gasteiger partial charge in [0.15, 0.2) is 0 Å². The largest absolute Gasteiger partial charge is 0.344 e. The number of halogens is 1. The summed E-state index contributed by atoms with van der Waals surface area (Å²) in [5, 5.41) is 10.8. The molecule has 0 saturated heterocycles. The van der Waals surface area contributed by atoms with Gasteiger partial charge < -0.3 is 4.57 Å². The van der Waals surface area contributed by atoms with Crippen molar-refractivity contribution in [3.8, 4) is 0 Å². The molecule has 0 bridgehead atoms. The number of nitro groups is 1. The van der Waals surface area contributed by atoms with E-state index in [0.717, 1.165) is 17.3 Å². The van der Waals surface area contributed by atoms with E-state index in [9.17, 15) is 19.3 Å². The Balaban J connectivity index is 2.01. The van der Waals surface area contributed by atoms with Gasteiger partial charge in [0.25, 0.3) is 5.69 Å². The molecule has 138 valence electrons. The molecule has 27 heavy (non-hydrogen) atoms. The van der Waals surface area contributed by atoms with Crippen LogP contribution in [0.2, 0.25) is 0 Å². The van der Waals surface area contributed by atoms with Gasteiger partial charge in [-0.15, -0.1) is 0 Å². The maximum absolute atomic E-state index is 14.4. The highest BCUT2D eigenvalue weighted by Crippen LogP contribution is 2.31. The Morgan fingerprint density at radius 1 is 1.15 bits per heavy atom. The van der Waals surface area contributed by atoms with Crippen molar-refractivity contribution in [2.75, 3.05) is 0 Å². The number of carbonyl (C=O) groups excluding carboxylic acids is 1. The number of aryl methyl sites for hydroxylation is 1. The summed E-state index contributed by atoms with van der Waals surface area (Å²) < 4.78 is 16.2. The van der Waals surface area contributed by atoms with Gasteiger partial charge in [0.05, 0.1) is 16.7 Å². The van der Waals surface area contributed by atoms with Gasteiger partial charge in [0.2, 0.25) is 5.78 Å². The predicted octanol–water partition coefficient (Wildman–Crippen LogP) is 4.76. The quantitative estimate of drug-likeness (QED) is 0.371. The van der Waals surface area contributed by atoms with Gasteiger partial charge >= 0.3 is 0 Å². The minimum Gasteiger partial charge on any atom is -0.344 e. The van der Waals surface area contributed by atoms with E-state index in [-0.39, 0.29) is 17.4 Å². The van der Waals surface area contributed by atoms with Gasteiger partial charge in [0, 0.05) is 30.3 Å². The number of rotatable bonds is 5. The lowest BCUT2D eigenvalue weighted by atomic mass is 9.96. The summed E-state index contributed by atoms with van der Waals surface area (Å²) in [5.41, 5.74) is 2.76. The number of nitro benzene ring substituents is 1. The molecule has 0 N–H and O–H groups in total. The van der Waals surface area contributed by atoms with Crippen molar-refractivity contribution in [2.45, 2.75) is 19.8 Å². The molecular weight excluding hydrogens is 347 g/mol. The third-order valence-corrected chi connectivity index (χ3v) is 4.82. The fourth-order valence-corrected chi connectivity index (χ4v) is 3.39. The van der Waals surface area contributed by atoms with Crippen molar-refractivity contribution in [3.63, 3.8) is 0 Å². The van der Waals surface area contributed by atoms with E-state index in [1.165, 1.54) is 12.1 Å². The molecule has 1 atom stereocenters. The van der Waals surface area contributed by atoms with E-state index in [1.807, 2.05) is 26.0 Å². The van der Waals surface area contributed by atoms with Gasteiger partial charge in [-0.2, -0.15) is 0 Å². The molecule has 3 rings (SSSR count). The molecule has 0 spiro atoms. The molecule has 3 aromatic rings. The summed E-state index contributed by atoms with van der Waals surface area (Å²) in [5.74, 6) is -1.10. The van der Waals surface area contributed by atoms with Gasteiger partial charge in [-0.1, -0.05) is 37.3 Å². The van der Waals surface area contributed by atoms with Crippen molar-refractivity contribution in [3.05, 3.63) is 98.6 Å². The molecule has 0 aliphatic heterocycles. The Morgan fingerprint density at radius 3 is 2.41 bits per heavy atom. The SMILES string of the molecule is Cc1cc(C(C)c2ccc([N+](=O)[O-])cc2F)n(C)c1C(=O)c1ccccc1. The first-order chi connectivity index (χ1) is 12.8. The third-order valence-electron chi connectivity index (χ3n) is 4.82. The molecule has 6 heteroatoms. The van der Waals surface area contributed by atoms with Crippen molar-refractivity contribution >= 4 is 11.5 Å². The first kappa shape index (κ1) is 18.5. The molecular formula is C21H19FN2O3. The maximum Gasteiger partial charge on any atom is 0.272 e. The predicted molar refractivity (Wildman–Crippen MR) is 101 cm³/mol. The molecule has 0 aliphatic carbocycles. The summed E-state index contributed by atoms with van der Waals surface area (Å²) in [6.45, 7) is 3.66. The molecule has 0 fully saturated rings. The number of nitrogens with zero attached hydrogens (tertiary/aromatic N) is 2. The van der Waals surface area contributed by atoms with E-state index in [1.54, 1.807) is 35.9 Å². The number of non-ortho nitro benzene ring substituents is 1. The highest BCUT2D eigenvalue weighted by Gasteiger charge is 2.24. The second kappa shape index (κ2) is 7.15. The zero-order valence-corrected chi connectivity index (χ0v) is 15.3. The normalized spacial score (nSPS) is 12.0. The average Bonchev–Trinajstić information content (AvgIpc) is 2.95. The van der Waals surface area contributed by atoms with E-state index in [4.69, 9.17) is 0 Å². The van der Waals surface area contributed by atoms with Crippen LogP contribution in [0.15, 0.2) is 54.6 Å². The fourth-order valence-electron chi connectivity index (χ4n) is 3.39. The lowest BCUT2D eigenvalue weighted by molar-refractivity contribution is -0.385. The Labute approximate surface area is 156 Å². The Kier molecular flexibility index (Phi) is 4.90. The van der Waals surface area contributed by atoms with Gasteiger partial charge in [-0.25, -0.2) is 4.39 Å². The van der Waals surface area contributed by atoms with Crippen LogP contribution in [0.4, 0.5) is 10.1 Å². The number of carbonyl (C=O) groups is 1. The number of ketones is 1. The highest BCUT2D eigenvalue weighted by molar-refractivity contribution is 6.09. The van der Waals surface area contributed by atoms with Crippen LogP contribution < -0.4 is 0 Å². The second-order valence-corrected chi connectivity index (χ2v) is 6.54. The first-order valence-electron chi connectivity index (χ1n) is 8.51. The minimum atomic E-state index is -0.633. The Bertz CT molecular complexity index is 1030. The highest BCUT2D eigenvalue weighted by atomic mass is 19.1. The van der Waals surface area contributed by atoms with Crippen molar-refractivity contribution in [1.82, 2.24) is 4.57 Å². The smallest absolute Gasteiger partial charge is 0.272 e. The van der Waals surface area contributed by atoms with E-state index >= 15 is 0 Å². The fraction of sp³-hybridized carbons (Fsp3) is 0.190. The van der Waals surface area contributed by atoms with Crippen LogP contribution in [0, 0.1) is 22.9 Å². The van der Waals surface area contributed by atoms with Gasteiger partial charge in [-0.05, 0) is 30.2 Å². The minimum absolute atomic E-state index is 0.0989. The number of hydrogen-bond donors (Lipinski definition) is 0. The molecule has 1 aromatic heterocycles. The molecule has 5 nitrogen and oxygen atoms in total. The van der Waals surface area contributed by atoms with Gasteiger partial charge in [-0.3, -0.25) is 14.9 Å². The van der Waals surface area contributed by atoms with Gasteiger partial charge in [0.1, 0.15) is 5.82 Å². The first-order valence-corrected chi connectivity index (χ1v) is 8.51. The molecule has 0 aliphatic rings. The number of hydrogen-bond acceptors (Lipinski definition) is 3. The molecule has 0 radical (unpaired) electrons. The average molecular weight is 366 g/mol. The van der Waals surface area contributed by atoms with Crippen LogP contribution in [0.1, 0.15) is 45.7 Å². The monoisotopic (exact) mass is 366 g/mol. The van der Waals surface area contributed by atoms with Crippen molar-refractivity contribution in [2.24, 2.45) is 7.05 Å². The maximum atomic E-state index is 14.4. The Hall–Kier alpha value is -3.28. The molecule has 2 aromatic carbocycles. The van der Waals surface area contributed by atoms with E-state index < -0.39 is 10.7 Å². The summed E-state index contributed by atoms with van der Waals surface area (Å²) in [6, 6.07) is 14.5. The molecule has 0 saturated carbocycles. The number of benzene rings is 2. The van der Waals surface area contributed by atoms with Crippen LogP contribution in [0.3, 0.4) is 0 Å². The third kappa shape index (κ3) is 3.38. The molecule has 1 heterocycles. The van der Waals surface area contributed by atoms with Crippen molar-refractivity contribution in [1.29, 1.82) is 0 Å². The zero-order valence-electron chi connectivity index (χ0n) is 15.3. The molecule has 1 unspecified atom stereocenters. The zero-order chi connectivity index (χ0) is 19.7. The van der Waals surface area contributed by atoms with Crippen molar-refractivity contribution < 1.29 is 14.1 Å². The standard InChI is InChI=1S/C21H19FN2O3/c1-13-11-19(14(2)17-10-9-16(24(26)27)12-18(17)22)23(3)20(13)21(25)15-7-5-4-6-8-15/h4-12,14H,1-3H3. The summed E-state index contributed by atoms with van der Waals surface area (Å²) in [4.78, 5) is 23.1.